The predicted molar refractivity (Wildman–Crippen MR) is 57.6 cm³/mol. The Labute approximate surface area is 101 Å². The molecule has 0 spiro atoms. The van der Waals surface area contributed by atoms with Gasteiger partial charge in [0.15, 0.2) is 5.01 Å². The van der Waals surface area contributed by atoms with Crippen LogP contribution in [0, 0.1) is 5.92 Å². The number of aromatic nitrogens is 1. The second-order valence-electron chi connectivity index (χ2n) is 4.04. The molecule has 96 valence electrons. The molecule has 3 nitrogen and oxygen atoms in total. The third-order valence-electron chi connectivity index (χ3n) is 2.87. The summed E-state index contributed by atoms with van der Waals surface area (Å²) in [6.45, 7) is 1.26. The van der Waals surface area contributed by atoms with Crippen molar-refractivity contribution in [3.8, 4) is 0 Å². The molecular formula is C10H13F3N2OS. The predicted octanol–water partition coefficient (Wildman–Crippen LogP) is 2.59. The van der Waals surface area contributed by atoms with Crippen molar-refractivity contribution in [2.75, 3.05) is 13.2 Å². The molecule has 1 aromatic heterocycles. The van der Waals surface area contributed by atoms with Crippen LogP contribution in [0.15, 0.2) is 6.20 Å². The highest BCUT2D eigenvalue weighted by atomic mass is 32.1. The average Bonchev–Trinajstić information content (AvgIpc) is 2.78. The van der Waals surface area contributed by atoms with Crippen LogP contribution in [0.25, 0.3) is 0 Å². The number of rotatable bonds is 2. The Morgan fingerprint density at radius 3 is 2.59 bits per heavy atom. The number of ether oxygens (including phenoxy) is 1. The quantitative estimate of drug-likeness (QED) is 0.895. The molecule has 0 aromatic carbocycles. The lowest BCUT2D eigenvalue weighted by atomic mass is 9.92. The van der Waals surface area contributed by atoms with Gasteiger partial charge in [-0.25, -0.2) is 4.98 Å². The third-order valence-corrected chi connectivity index (χ3v) is 4.01. The molecule has 1 aromatic rings. The minimum atomic E-state index is -4.38. The van der Waals surface area contributed by atoms with Crippen molar-refractivity contribution in [2.24, 2.45) is 11.7 Å². The van der Waals surface area contributed by atoms with Crippen LogP contribution in [0.1, 0.15) is 28.8 Å². The number of hydrogen-bond donors (Lipinski definition) is 1. The van der Waals surface area contributed by atoms with Crippen LogP contribution in [0.3, 0.4) is 0 Å². The van der Waals surface area contributed by atoms with Crippen molar-refractivity contribution in [3.05, 3.63) is 16.1 Å². The number of nitrogens with two attached hydrogens (primary N) is 1. The van der Waals surface area contributed by atoms with E-state index in [2.05, 4.69) is 4.98 Å². The lowest BCUT2D eigenvalue weighted by Crippen LogP contribution is -2.26. The van der Waals surface area contributed by atoms with E-state index in [1.54, 1.807) is 0 Å². The molecule has 1 atom stereocenters. The van der Waals surface area contributed by atoms with Gasteiger partial charge in [0.05, 0.1) is 0 Å². The molecule has 1 aliphatic rings. The van der Waals surface area contributed by atoms with Crippen molar-refractivity contribution in [1.29, 1.82) is 0 Å². The first kappa shape index (κ1) is 12.8. The molecule has 1 saturated heterocycles. The third kappa shape index (κ3) is 2.97. The zero-order valence-electron chi connectivity index (χ0n) is 9.04. The summed E-state index contributed by atoms with van der Waals surface area (Å²) in [5, 5.41) is -0.824. The van der Waals surface area contributed by atoms with Gasteiger partial charge in [-0.3, -0.25) is 0 Å². The van der Waals surface area contributed by atoms with Crippen LogP contribution >= 0.6 is 11.3 Å². The van der Waals surface area contributed by atoms with Gasteiger partial charge in [-0.2, -0.15) is 13.2 Å². The Kier molecular flexibility index (Phi) is 3.70. The minimum Gasteiger partial charge on any atom is -0.381 e. The summed E-state index contributed by atoms with van der Waals surface area (Å²) < 4.78 is 42.4. The fourth-order valence-corrected chi connectivity index (χ4v) is 2.76. The Morgan fingerprint density at radius 1 is 1.41 bits per heavy atom. The van der Waals surface area contributed by atoms with Gasteiger partial charge in [-0.1, -0.05) is 0 Å². The topological polar surface area (TPSA) is 48.1 Å². The summed E-state index contributed by atoms with van der Waals surface area (Å²) in [6.07, 6.45) is -1.55. The van der Waals surface area contributed by atoms with Crippen molar-refractivity contribution >= 4 is 11.3 Å². The molecule has 0 saturated carbocycles. The zero-order chi connectivity index (χ0) is 12.5. The SMILES string of the molecule is NC(c1cnc(C(F)(F)F)s1)C1CCOCC1. The van der Waals surface area contributed by atoms with E-state index in [0.717, 1.165) is 12.8 Å². The molecule has 1 aliphatic heterocycles. The summed E-state index contributed by atoms with van der Waals surface area (Å²) in [6, 6.07) is -0.368. The van der Waals surface area contributed by atoms with E-state index in [0.29, 0.717) is 29.4 Å². The van der Waals surface area contributed by atoms with E-state index in [1.165, 1.54) is 6.20 Å². The van der Waals surface area contributed by atoms with Gasteiger partial charge < -0.3 is 10.5 Å². The molecule has 0 aliphatic carbocycles. The second kappa shape index (κ2) is 4.91. The summed E-state index contributed by atoms with van der Waals surface area (Å²) in [5.74, 6) is 0.185. The van der Waals surface area contributed by atoms with Crippen molar-refractivity contribution in [1.82, 2.24) is 4.98 Å². The molecule has 0 bridgehead atoms. The first-order valence-electron chi connectivity index (χ1n) is 5.34. The van der Waals surface area contributed by atoms with E-state index in [9.17, 15) is 13.2 Å². The molecule has 1 fully saturated rings. The maximum Gasteiger partial charge on any atom is 0.443 e. The average molecular weight is 266 g/mol. The smallest absolute Gasteiger partial charge is 0.381 e. The lowest BCUT2D eigenvalue weighted by Gasteiger charge is -2.26. The van der Waals surface area contributed by atoms with Crippen LogP contribution < -0.4 is 5.73 Å². The molecule has 0 amide bonds. The van der Waals surface area contributed by atoms with Gasteiger partial charge >= 0.3 is 6.18 Å². The van der Waals surface area contributed by atoms with E-state index in [4.69, 9.17) is 10.5 Å². The molecule has 0 radical (unpaired) electrons. The maximum atomic E-state index is 12.4. The van der Waals surface area contributed by atoms with Crippen LogP contribution in [0.5, 0.6) is 0 Å². The molecular weight excluding hydrogens is 253 g/mol. The van der Waals surface area contributed by atoms with E-state index in [1.807, 2.05) is 0 Å². The van der Waals surface area contributed by atoms with Gasteiger partial charge in [0.2, 0.25) is 0 Å². The van der Waals surface area contributed by atoms with E-state index < -0.39 is 11.2 Å². The zero-order valence-corrected chi connectivity index (χ0v) is 9.85. The summed E-state index contributed by atoms with van der Waals surface area (Å²) in [5.41, 5.74) is 5.97. The Balaban J connectivity index is 2.08. The van der Waals surface area contributed by atoms with Crippen molar-refractivity contribution in [3.63, 3.8) is 0 Å². The van der Waals surface area contributed by atoms with Gasteiger partial charge in [0.1, 0.15) is 0 Å². The summed E-state index contributed by atoms with van der Waals surface area (Å²) in [4.78, 5) is 3.89. The van der Waals surface area contributed by atoms with Crippen LogP contribution in [0.4, 0.5) is 13.2 Å². The van der Waals surface area contributed by atoms with Gasteiger partial charge in [-0.05, 0) is 18.8 Å². The monoisotopic (exact) mass is 266 g/mol. The number of nitrogens with zero attached hydrogens (tertiary/aromatic N) is 1. The fourth-order valence-electron chi connectivity index (χ4n) is 1.88. The molecule has 2 heterocycles. The first-order chi connectivity index (χ1) is 7.98. The van der Waals surface area contributed by atoms with Crippen LogP contribution in [-0.2, 0) is 10.9 Å². The standard InChI is InChI=1S/C10H13F3N2OS/c11-10(12,13)9-15-5-7(17-9)8(14)6-1-3-16-4-2-6/h5-6,8H,1-4,14H2. The number of thiazole rings is 1. The Hall–Kier alpha value is -0.660. The Morgan fingerprint density at radius 2 is 2.06 bits per heavy atom. The summed E-state index contributed by atoms with van der Waals surface area (Å²) >= 11 is 0.640. The lowest BCUT2D eigenvalue weighted by molar-refractivity contribution is -0.137. The largest absolute Gasteiger partial charge is 0.443 e. The van der Waals surface area contributed by atoms with Crippen LogP contribution in [0.2, 0.25) is 0 Å². The fraction of sp³-hybridized carbons (Fsp3) is 0.700. The number of halogens is 3. The first-order valence-corrected chi connectivity index (χ1v) is 6.16. The van der Waals surface area contributed by atoms with E-state index >= 15 is 0 Å². The molecule has 1 unspecified atom stereocenters. The van der Waals surface area contributed by atoms with E-state index in [-0.39, 0.29) is 12.0 Å². The maximum absolute atomic E-state index is 12.4. The Bertz CT molecular complexity index is 374. The number of alkyl halides is 3. The van der Waals surface area contributed by atoms with Crippen LogP contribution in [-0.4, -0.2) is 18.2 Å². The van der Waals surface area contributed by atoms with Gasteiger partial charge in [-0.15, -0.1) is 11.3 Å². The van der Waals surface area contributed by atoms with Gasteiger partial charge in [0, 0.05) is 30.3 Å². The molecule has 17 heavy (non-hydrogen) atoms. The molecule has 7 heteroatoms. The second-order valence-corrected chi connectivity index (χ2v) is 5.10. The highest BCUT2D eigenvalue weighted by Crippen LogP contribution is 2.37. The highest BCUT2D eigenvalue weighted by Gasteiger charge is 2.35. The van der Waals surface area contributed by atoms with Gasteiger partial charge in [0.25, 0.3) is 0 Å². The number of hydrogen-bond acceptors (Lipinski definition) is 4. The minimum absolute atomic E-state index is 0.185. The normalized spacial score (nSPS) is 20.5. The highest BCUT2D eigenvalue weighted by molar-refractivity contribution is 7.11. The summed E-state index contributed by atoms with van der Waals surface area (Å²) in [7, 11) is 0. The van der Waals surface area contributed by atoms with Crippen molar-refractivity contribution in [2.45, 2.75) is 25.1 Å². The van der Waals surface area contributed by atoms with Crippen molar-refractivity contribution < 1.29 is 17.9 Å². The molecule has 2 rings (SSSR count). The molecule has 2 N–H and O–H groups in total.